The zero-order chi connectivity index (χ0) is 24.6. The minimum absolute atomic E-state index is 0.0249. The molecule has 0 atom stereocenters. The third-order valence-corrected chi connectivity index (χ3v) is 6.41. The molecule has 35 heavy (non-hydrogen) atoms. The molecule has 2 aromatic carbocycles. The Kier molecular flexibility index (Phi) is 8.32. The molecule has 182 valence electrons. The molecule has 0 bridgehead atoms. The highest BCUT2D eigenvalue weighted by Gasteiger charge is 2.30. The molecule has 3 aromatic rings. The molecule has 4 rings (SSSR count). The predicted molar refractivity (Wildman–Crippen MR) is 135 cm³/mol. The molecule has 1 aliphatic rings. The number of benzene rings is 2. The maximum atomic E-state index is 13.3. The maximum absolute atomic E-state index is 13.3. The molecule has 0 unspecified atom stereocenters. The van der Waals surface area contributed by atoms with Crippen LogP contribution in [0.1, 0.15) is 37.6 Å². The van der Waals surface area contributed by atoms with Crippen molar-refractivity contribution in [1.29, 1.82) is 0 Å². The molecule has 1 aliphatic heterocycles. The second-order valence-electron chi connectivity index (χ2n) is 8.58. The number of carbonyl (C=O) groups excluding carboxylic acids is 2. The molecule has 1 saturated heterocycles. The molecule has 0 N–H and O–H groups in total. The average molecular weight is 493 g/mol. The largest absolute Gasteiger partial charge is 0.419 e. The Bertz CT molecular complexity index is 1170. The minimum atomic E-state index is -0.130. The van der Waals surface area contributed by atoms with Crippen LogP contribution < -0.4 is 0 Å². The van der Waals surface area contributed by atoms with E-state index in [0.717, 1.165) is 12.0 Å². The van der Waals surface area contributed by atoms with Crippen LogP contribution in [0.2, 0.25) is 5.02 Å². The van der Waals surface area contributed by atoms with Gasteiger partial charge >= 0.3 is 0 Å². The molecular formula is C27H29ClN4O3. The molecule has 8 heteroatoms. The van der Waals surface area contributed by atoms with E-state index in [2.05, 4.69) is 10.2 Å². The SMILES string of the molecule is CCCN(Cc1nnc(-c2ccccc2Cl)o1)C(=O)C1CCN(C(=O)/C=C/c2ccccc2)CC1. The third kappa shape index (κ3) is 6.36. The summed E-state index contributed by atoms with van der Waals surface area (Å²) in [5.74, 6) is 0.624. The van der Waals surface area contributed by atoms with Gasteiger partial charge in [0.15, 0.2) is 0 Å². The van der Waals surface area contributed by atoms with Crippen LogP contribution in [0.25, 0.3) is 17.5 Å². The van der Waals surface area contributed by atoms with Crippen molar-refractivity contribution in [3.63, 3.8) is 0 Å². The van der Waals surface area contributed by atoms with Gasteiger partial charge in [0.2, 0.25) is 23.6 Å². The van der Waals surface area contributed by atoms with Gasteiger partial charge in [-0.05, 0) is 43.0 Å². The van der Waals surface area contributed by atoms with Crippen molar-refractivity contribution >= 4 is 29.5 Å². The molecule has 1 aromatic heterocycles. The van der Waals surface area contributed by atoms with Crippen LogP contribution in [0.5, 0.6) is 0 Å². The van der Waals surface area contributed by atoms with Crippen molar-refractivity contribution in [3.8, 4) is 11.5 Å². The van der Waals surface area contributed by atoms with Crippen molar-refractivity contribution in [2.45, 2.75) is 32.7 Å². The lowest BCUT2D eigenvalue weighted by Gasteiger charge is -2.33. The van der Waals surface area contributed by atoms with Crippen LogP contribution in [0.3, 0.4) is 0 Å². The highest BCUT2D eigenvalue weighted by molar-refractivity contribution is 6.33. The summed E-state index contributed by atoms with van der Waals surface area (Å²) in [4.78, 5) is 29.5. The number of piperidine rings is 1. The molecule has 0 saturated carbocycles. The fourth-order valence-electron chi connectivity index (χ4n) is 4.20. The van der Waals surface area contributed by atoms with E-state index in [9.17, 15) is 9.59 Å². The zero-order valence-corrected chi connectivity index (χ0v) is 20.5. The first kappa shape index (κ1) is 24.7. The van der Waals surface area contributed by atoms with Gasteiger partial charge in [-0.15, -0.1) is 10.2 Å². The Hall–Kier alpha value is -3.45. The first-order valence-electron chi connectivity index (χ1n) is 11.9. The van der Waals surface area contributed by atoms with Crippen LogP contribution in [0.15, 0.2) is 65.1 Å². The molecule has 0 aliphatic carbocycles. The standard InChI is InChI=1S/C27H29ClN4O3/c1-2-16-32(19-24-29-30-26(35-24)22-10-6-7-11-23(22)28)27(34)21-14-17-31(18-15-21)25(33)13-12-20-8-4-3-5-9-20/h3-13,21H,2,14-19H2,1H3/b13-12+. The van der Waals surface area contributed by atoms with Crippen LogP contribution in [-0.2, 0) is 16.1 Å². The molecule has 1 fully saturated rings. The number of amides is 2. The van der Waals surface area contributed by atoms with Gasteiger partial charge in [-0.2, -0.15) is 0 Å². The molecular weight excluding hydrogens is 464 g/mol. The summed E-state index contributed by atoms with van der Waals surface area (Å²) < 4.78 is 5.82. The van der Waals surface area contributed by atoms with Gasteiger partial charge in [-0.25, -0.2) is 0 Å². The molecule has 7 nitrogen and oxygen atoms in total. The minimum Gasteiger partial charge on any atom is -0.419 e. The summed E-state index contributed by atoms with van der Waals surface area (Å²) >= 11 is 6.24. The van der Waals surface area contributed by atoms with Crippen molar-refractivity contribution in [2.75, 3.05) is 19.6 Å². The van der Waals surface area contributed by atoms with E-state index in [-0.39, 0.29) is 24.3 Å². The van der Waals surface area contributed by atoms with E-state index >= 15 is 0 Å². The van der Waals surface area contributed by atoms with Crippen molar-refractivity contribution in [3.05, 3.63) is 77.2 Å². The molecule has 0 radical (unpaired) electrons. The lowest BCUT2D eigenvalue weighted by molar-refractivity contribution is -0.140. The Balaban J connectivity index is 1.34. The average Bonchev–Trinajstić information content (AvgIpc) is 3.36. The number of halogens is 1. The molecule has 2 heterocycles. The van der Waals surface area contributed by atoms with E-state index in [1.807, 2.05) is 61.5 Å². The third-order valence-electron chi connectivity index (χ3n) is 6.08. The van der Waals surface area contributed by atoms with Gasteiger partial charge in [0, 0.05) is 31.6 Å². The highest BCUT2D eigenvalue weighted by atomic mass is 35.5. The first-order valence-corrected chi connectivity index (χ1v) is 12.3. The lowest BCUT2D eigenvalue weighted by atomic mass is 9.95. The van der Waals surface area contributed by atoms with E-state index in [1.165, 1.54) is 0 Å². The van der Waals surface area contributed by atoms with Gasteiger partial charge in [0.1, 0.15) is 0 Å². The fourth-order valence-corrected chi connectivity index (χ4v) is 4.42. The second-order valence-corrected chi connectivity index (χ2v) is 8.99. The van der Waals surface area contributed by atoms with Crippen molar-refractivity contribution in [2.24, 2.45) is 5.92 Å². The number of hydrogen-bond donors (Lipinski definition) is 0. The smallest absolute Gasteiger partial charge is 0.249 e. The predicted octanol–water partition coefficient (Wildman–Crippen LogP) is 5.08. The van der Waals surface area contributed by atoms with Crippen LogP contribution in [0, 0.1) is 5.92 Å². The highest BCUT2D eigenvalue weighted by Crippen LogP contribution is 2.27. The lowest BCUT2D eigenvalue weighted by Crippen LogP contribution is -2.44. The van der Waals surface area contributed by atoms with Gasteiger partial charge in [-0.3, -0.25) is 9.59 Å². The van der Waals surface area contributed by atoms with Gasteiger partial charge in [-0.1, -0.05) is 61.0 Å². The number of nitrogens with zero attached hydrogens (tertiary/aromatic N) is 4. The van der Waals surface area contributed by atoms with Crippen LogP contribution >= 0.6 is 11.6 Å². The summed E-state index contributed by atoms with van der Waals surface area (Å²) in [6.45, 7) is 4.01. The molecule has 2 amide bonds. The second kappa shape index (κ2) is 11.8. The monoisotopic (exact) mass is 492 g/mol. The van der Waals surface area contributed by atoms with Crippen LogP contribution in [0.4, 0.5) is 0 Å². The summed E-state index contributed by atoms with van der Waals surface area (Å²) in [6.07, 6.45) is 5.52. The number of rotatable bonds is 8. The maximum Gasteiger partial charge on any atom is 0.249 e. The van der Waals surface area contributed by atoms with E-state index in [4.69, 9.17) is 16.0 Å². The summed E-state index contributed by atoms with van der Waals surface area (Å²) in [5.41, 5.74) is 1.65. The Labute approximate surface area is 210 Å². The van der Waals surface area contributed by atoms with Crippen molar-refractivity contribution in [1.82, 2.24) is 20.0 Å². The number of hydrogen-bond acceptors (Lipinski definition) is 5. The summed E-state index contributed by atoms with van der Waals surface area (Å²) in [5, 5.41) is 8.78. The Morgan fingerprint density at radius 3 is 2.51 bits per heavy atom. The van der Waals surface area contributed by atoms with Gasteiger partial charge < -0.3 is 14.2 Å². The number of likely N-dealkylation sites (tertiary alicyclic amines) is 1. The molecule has 0 spiro atoms. The first-order chi connectivity index (χ1) is 17.0. The van der Waals surface area contributed by atoms with E-state index in [1.54, 1.807) is 21.9 Å². The van der Waals surface area contributed by atoms with E-state index < -0.39 is 0 Å². The Morgan fingerprint density at radius 1 is 1.09 bits per heavy atom. The number of aromatic nitrogens is 2. The van der Waals surface area contributed by atoms with Gasteiger partial charge in [0.05, 0.1) is 17.1 Å². The normalized spacial score (nSPS) is 14.4. The van der Waals surface area contributed by atoms with Gasteiger partial charge in [0.25, 0.3) is 0 Å². The quantitative estimate of drug-likeness (QED) is 0.410. The fraction of sp³-hybridized carbons (Fsp3) is 0.333. The van der Waals surface area contributed by atoms with Crippen LogP contribution in [-0.4, -0.2) is 51.4 Å². The van der Waals surface area contributed by atoms with Crippen molar-refractivity contribution < 1.29 is 14.0 Å². The summed E-state index contributed by atoms with van der Waals surface area (Å²) in [7, 11) is 0. The zero-order valence-electron chi connectivity index (χ0n) is 19.8. The summed E-state index contributed by atoms with van der Waals surface area (Å²) in [6, 6.07) is 17.0. The Morgan fingerprint density at radius 2 is 1.80 bits per heavy atom. The van der Waals surface area contributed by atoms with E-state index in [0.29, 0.717) is 54.8 Å². The topological polar surface area (TPSA) is 79.5 Å². The number of carbonyl (C=O) groups is 2.